The molecule has 2 aliphatic heterocycles. The maximum atomic E-state index is 15.0. The number of hydrogen-bond acceptors (Lipinski definition) is 4. The lowest BCUT2D eigenvalue weighted by Gasteiger charge is -2.42. The summed E-state index contributed by atoms with van der Waals surface area (Å²) >= 11 is 0. The zero-order valence-corrected chi connectivity index (χ0v) is 16.4. The van der Waals surface area contributed by atoms with Gasteiger partial charge in [0.15, 0.2) is 11.4 Å². The summed E-state index contributed by atoms with van der Waals surface area (Å²) < 4.78 is 30.5. The van der Waals surface area contributed by atoms with E-state index in [1.54, 1.807) is 35.2 Å². The van der Waals surface area contributed by atoms with Crippen LogP contribution in [0.1, 0.15) is 46.4 Å². The first-order valence-electron chi connectivity index (χ1n) is 10.1. The minimum Gasteiger partial charge on any atom is -0.502 e. The van der Waals surface area contributed by atoms with Crippen molar-refractivity contribution in [3.8, 4) is 5.75 Å². The van der Waals surface area contributed by atoms with Crippen molar-refractivity contribution in [2.75, 3.05) is 6.54 Å². The molecule has 0 unspecified atom stereocenters. The molecule has 0 aliphatic carbocycles. The highest BCUT2D eigenvalue weighted by molar-refractivity contribution is 5.96. The van der Waals surface area contributed by atoms with Crippen LogP contribution in [0.15, 0.2) is 59.5 Å². The molecule has 1 fully saturated rings. The van der Waals surface area contributed by atoms with Crippen molar-refractivity contribution in [2.45, 2.75) is 30.8 Å². The molecule has 1 N–H and O–H groups in total. The van der Waals surface area contributed by atoms with Crippen molar-refractivity contribution in [1.82, 2.24) is 14.7 Å². The van der Waals surface area contributed by atoms with Gasteiger partial charge < -0.3 is 10.0 Å². The first kappa shape index (κ1) is 19.4. The van der Waals surface area contributed by atoms with Gasteiger partial charge in [-0.3, -0.25) is 14.3 Å². The van der Waals surface area contributed by atoms with Gasteiger partial charge in [0.05, 0.1) is 18.3 Å². The lowest BCUT2D eigenvalue weighted by atomic mass is 9.79. The molecule has 3 heterocycles. The Labute approximate surface area is 176 Å². The van der Waals surface area contributed by atoms with Crippen LogP contribution in [0.3, 0.4) is 0 Å². The average Bonchev–Trinajstić information content (AvgIpc) is 3.24. The van der Waals surface area contributed by atoms with E-state index in [1.165, 1.54) is 22.9 Å². The van der Waals surface area contributed by atoms with Crippen LogP contribution in [0.5, 0.6) is 5.75 Å². The normalized spacial score (nSPS) is 21.0. The third kappa shape index (κ3) is 3.01. The number of aromatic hydroxyl groups is 1. The highest BCUT2D eigenvalue weighted by Crippen LogP contribution is 2.46. The fraction of sp³-hybridized carbons (Fsp3) is 0.261. The molecule has 8 heteroatoms. The van der Waals surface area contributed by atoms with Gasteiger partial charge >= 0.3 is 0 Å². The average molecular weight is 423 g/mol. The SMILES string of the molecule is O=C1c2c(O)c(=O)cnn2[C@@H]([C@H](c2cccc(F)c2)c2ccccc2F)[C@H]2CCCN12. The van der Waals surface area contributed by atoms with E-state index >= 15 is 4.39 Å². The molecule has 158 valence electrons. The van der Waals surface area contributed by atoms with E-state index in [0.29, 0.717) is 24.1 Å². The summed E-state index contributed by atoms with van der Waals surface area (Å²) in [6, 6.07) is 11.2. The molecule has 0 spiro atoms. The molecule has 1 aromatic heterocycles. The lowest BCUT2D eigenvalue weighted by Crippen LogP contribution is -2.51. The molecule has 2 aromatic carbocycles. The Morgan fingerprint density at radius 1 is 1.10 bits per heavy atom. The van der Waals surface area contributed by atoms with Crippen LogP contribution >= 0.6 is 0 Å². The van der Waals surface area contributed by atoms with Crippen LogP contribution in [-0.2, 0) is 0 Å². The fourth-order valence-corrected chi connectivity index (χ4v) is 4.93. The number of nitrogens with zero attached hydrogens (tertiary/aromatic N) is 3. The number of amides is 1. The van der Waals surface area contributed by atoms with E-state index in [-0.39, 0.29) is 11.7 Å². The van der Waals surface area contributed by atoms with E-state index in [0.717, 1.165) is 12.6 Å². The summed E-state index contributed by atoms with van der Waals surface area (Å²) in [4.78, 5) is 26.7. The Morgan fingerprint density at radius 2 is 1.90 bits per heavy atom. The molecule has 0 bridgehead atoms. The number of aromatic nitrogens is 2. The predicted molar refractivity (Wildman–Crippen MR) is 108 cm³/mol. The summed E-state index contributed by atoms with van der Waals surface area (Å²) in [5, 5.41) is 14.6. The molecular weight excluding hydrogens is 404 g/mol. The van der Waals surface area contributed by atoms with Crippen molar-refractivity contribution in [1.29, 1.82) is 0 Å². The third-order valence-corrected chi connectivity index (χ3v) is 6.22. The number of carbonyl (C=O) groups excluding carboxylic acids is 1. The second-order valence-electron chi connectivity index (χ2n) is 7.90. The maximum absolute atomic E-state index is 15.0. The second-order valence-corrected chi connectivity index (χ2v) is 7.90. The van der Waals surface area contributed by atoms with Gasteiger partial charge in [-0.25, -0.2) is 8.78 Å². The molecule has 2 aliphatic rings. The zero-order valence-electron chi connectivity index (χ0n) is 16.4. The number of fused-ring (bicyclic) bond motifs is 2. The zero-order chi connectivity index (χ0) is 21.7. The van der Waals surface area contributed by atoms with Crippen LogP contribution in [0, 0.1) is 11.6 Å². The van der Waals surface area contributed by atoms with E-state index in [1.807, 2.05) is 0 Å². The van der Waals surface area contributed by atoms with Gasteiger partial charge in [-0.1, -0.05) is 30.3 Å². The monoisotopic (exact) mass is 423 g/mol. The quantitative estimate of drug-likeness (QED) is 0.702. The van der Waals surface area contributed by atoms with Gasteiger partial charge in [0.2, 0.25) is 5.43 Å². The molecule has 6 nitrogen and oxygen atoms in total. The number of hydrogen-bond donors (Lipinski definition) is 1. The maximum Gasteiger partial charge on any atom is 0.276 e. The standard InChI is InChI=1S/C23H19F2N3O3/c24-14-6-3-5-13(11-14)19(15-7-1-2-8-16(15)25)20-17-9-4-10-27(17)23(31)21-22(30)18(29)12-26-28(20)21/h1-3,5-8,11-12,17,19-20,30H,4,9-10H2/t17-,19-,20-/m1/s1. The molecule has 1 saturated heterocycles. The molecule has 0 radical (unpaired) electrons. The van der Waals surface area contributed by atoms with E-state index in [2.05, 4.69) is 5.10 Å². The van der Waals surface area contributed by atoms with E-state index < -0.39 is 40.7 Å². The predicted octanol–water partition coefficient (Wildman–Crippen LogP) is 3.22. The topological polar surface area (TPSA) is 75.4 Å². The van der Waals surface area contributed by atoms with Gasteiger partial charge in [0.25, 0.3) is 5.91 Å². The molecular formula is C23H19F2N3O3. The Bertz CT molecular complexity index is 1240. The largest absolute Gasteiger partial charge is 0.502 e. The number of benzene rings is 2. The molecule has 3 aromatic rings. The van der Waals surface area contributed by atoms with Crippen LogP contribution in [-0.4, -0.2) is 38.3 Å². The van der Waals surface area contributed by atoms with Crippen LogP contribution in [0.25, 0.3) is 0 Å². The molecule has 5 rings (SSSR count). The number of halogens is 2. The van der Waals surface area contributed by atoms with Gasteiger partial charge in [-0.15, -0.1) is 0 Å². The van der Waals surface area contributed by atoms with Gasteiger partial charge in [0.1, 0.15) is 11.6 Å². The summed E-state index contributed by atoms with van der Waals surface area (Å²) in [5.41, 5.74) is -0.134. The van der Waals surface area contributed by atoms with Crippen molar-refractivity contribution in [2.24, 2.45) is 0 Å². The lowest BCUT2D eigenvalue weighted by molar-refractivity contribution is 0.0564. The Morgan fingerprint density at radius 3 is 2.68 bits per heavy atom. The first-order chi connectivity index (χ1) is 15.0. The highest BCUT2D eigenvalue weighted by atomic mass is 19.1. The van der Waals surface area contributed by atoms with Crippen molar-refractivity contribution in [3.63, 3.8) is 0 Å². The summed E-state index contributed by atoms with van der Waals surface area (Å²) in [6.45, 7) is 0.454. The minimum atomic E-state index is -0.760. The van der Waals surface area contributed by atoms with Gasteiger partial charge in [-0.2, -0.15) is 5.10 Å². The molecule has 31 heavy (non-hydrogen) atoms. The van der Waals surface area contributed by atoms with Crippen molar-refractivity contribution < 1.29 is 18.7 Å². The van der Waals surface area contributed by atoms with Gasteiger partial charge in [-0.05, 0) is 42.2 Å². The van der Waals surface area contributed by atoms with Crippen LogP contribution in [0.4, 0.5) is 8.78 Å². The minimum absolute atomic E-state index is 0.214. The van der Waals surface area contributed by atoms with Crippen LogP contribution < -0.4 is 5.43 Å². The fourth-order valence-electron chi connectivity index (χ4n) is 4.93. The summed E-state index contributed by atoms with van der Waals surface area (Å²) in [6.07, 6.45) is 2.32. The Kier molecular flexibility index (Phi) is 4.57. The molecule has 0 saturated carbocycles. The first-order valence-corrected chi connectivity index (χ1v) is 10.1. The highest BCUT2D eigenvalue weighted by Gasteiger charge is 2.48. The Balaban J connectivity index is 1.81. The molecule has 3 atom stereocenters. The number of carbonyl (C=O) groups is 1. The molecule has 1 amide bonds. The van der Waals surface area contributed by atoms with Crippen LogP contribution in [0.2, 0.25) is 0 Å². The van der Waals surface area contributed by atoms with E-state index in [9.17, 15) is 19.1 Å². The van der Waals surface area contributed by atoms with Crippen molar-refractivity contribution >= 4 is 5.91 Å². The smallest absolute Gasteiger partial charge is 0.276 e. The Hall–Kier alpha value is -3.55. The summed E-state index contributed by atoms with van der Waals surface area (Å²) in [7, 11) is 0. The second kappa shape index (κ2) is 7.30. The van der Waals surface area contributed by atoms with Gasteiger partial charge in [0, 0.05) is 12.5 Å². The van der Waals surface area contributed by atoms with Crippen molar-refractivity contribution in [3.05, 3.63) is 93.4 Å². The third-order valence-electron chi connectivity index (χ3n) is 6.22. The summed E-state index contributed by atoms with van der Waals surface area (Å²) in [5.74, 6) is -2.80. The number of rotatable bonds is 3. The van der Waals surface area contributed by atoms with E-state index in [4.69, 9.17) is 0 Å².